The van der Waals surface area contributed by atoms with Gasteiger partial charge in [0.15, 0.2) is 5.78 Å². The monoisotopic (exact) mass is 594 g/mol. The van der Waals surface area contributed by atoms with Gasteiger partial charge in [-0.2, -0.15) is 0 Å². The molecule has 0 saturated carbocycles. The first-order valence-corrected chi connectivity index (χ1v) is 13.3. The fraction of sp³-hybridized carbons (Fsp3) is 0.276. The zero-order chi connectivity index (χ0) is 28.2. The summed E-state index contributed by atoms with van der Waals surface area (Å²) in [5.74, 6) is -3.00. The molecule has 2 aliphatic rings. The fourth-order valence-corrected chi connectivity index (χ4v) is 6.49. The lowest BCUT2D eigenvalue weighted by Crippen LogP contribution is -2.60. The third-order valence-electron chi connectivity index (χ3n) is 7.69. The standard InChI is InChI=1S/C29H27BrN2O7/c1-4-16-23(25(34)19-12-14(30)6-9-22(19)33)21(5-2)32-11-10-17-18-13-15(39-3)7-8-20(18)31-26(17)29(32,28(37)38)24(16)27(35)36/h6-9,12-13,31,33H,4-5,10-11H2,1-3H3,(H,35,36)(H,37,38). The summed E-state index contributed by atoms with van der Waals surface area (Å²) in [5.41, 5.74) is -0.186. The zero-order valence-electron chi connectivity index (χ0n) is 21.6. The highest BCUT2D eigenvalue weighted by atomic mass is 79.9. The molecule has 9 nitrogen and oxygen atoms in total. The maximum atomic E-state index is 14.0. The number of nitrogens with one attached hydrogen (secondary N) is 1. The van der Waals surface area contributed by atoms with Gasteiger partial charge in [0.25, 0.3) is 0 Å². The number of aromatic nitrogens is 1. The van der Waals surface area contributed by atoms with Crippen LogP contribution in [0.2, 0.25) is 0 Å². The number of H-pyrrole nitrogens is 1. The van der Waals surface area contributed by atoms with Crippen molar-refractivity contribution in [2.45, 2.75) is 38.6 Å². The molecule has 1 atom stereocenters. The number of Topliss-reactive ketones (excluding diaryl/α,β-unsaturated/α-hetero) is 1. The Labute approximate surface area is 232 Å². The highest BCUT2D eigenvalue weighted by molar-refractivity contribution is 9.10. The molecular weight excluding hydrogens is 568 g/mol. The number of benzene rings is 2. The lowest BCUT2D eigenvalue weighted by atomic mass is 9.70. The Hall–Kier alpha value is -4.05. The van der Waals surface area contributed by atoms with Gasteiger partial charge in [-0.3, -0.25) is 4.79 Å². The number of carbonyl (C=O) groups excluding carboxylic acids is 1. The smallest absolute Gasteiger partial charge is 0.340 e. The van der Waals surface area contributed by atoms with Gasteiger partial charge in [0.05, 0.1) is 23.9 Å². The highest BCUT2D eigenvalue weighted by Gasteiger charge is 2.60. The minimum atomic E-state index is -2.09. The maximum absolute atomic E-state index is 14.0. The second kappa shape index (κ2) is 9.60. The van der Waals surface area contributed by atoms with Gasteiger partial charge < -0.3 is 29.9 Å². The van der Waals surface area contributed by atoms with Crippen LogP contribution in [0.15, 0.2) is 63.3 Å². The molecule has 0 radical (unpaired) electrons. The van der Waals surface area contributed by atoms with Crippen LogP contribution in [-0.2, 0) is 21.5 Å². The van der Waals surface area contributed by atoms with E-state index < -0.39 is 23.3 Å². The first-order valence-electron chi connectivity index (χ1n) is 12.5. The van der Waals surface area contributed by atoms with Gasteiger partial charge in [0, 0.05) is 33.2 Å². The summed E-state index contributed by atoms with van der Waals surface area (Å²) in [6.45, 7) is 3.67. The minimum absolute atomic E-state index is 0.000700. The van der Waals surface area contributed by atoms with Crippen LogP contribution in [0.25, 0.3) is 10.9 Å². The van der Waals surface area contributed by atoms with Crippen molar-refractivity contribution >= 4 is 44.6 Å². The van der Waals surface area contributed by atoms with Gasteiger partial charge in [-0.15, -0.1) is 0 Å². The number of methoxy groups -OCH3 is 1. The van der Waals surface area contributed by atoms with Crippen LogP contribution in [0.5, 0.6) is 11.5 Å². The number of hydrogen-bond acceptors (Lipinski definition) is 6. The van der Waals surface area contributed by atoms with E-state index in [0.29, 0.717) is 33.4 Å². The number of carbonyl (C=O) groups is 3. The first kappa shape index (κ1) is 26.6. The fourth-order valence-electron chi connectivity index (χ4n) is 6.13. The topological polar surface area (TPSA) is 140 Å². The SMILES string of the molecule is CCC1=C(C(=O)O)C2(C(=O)O)c3[nH]c4ccc(OC)cc4c3CCN2C(CC)=C1C(=O)c1cc(Br)ccc1O. The van der Waals surface area contributed by atoms with E-state index in [1.54, 1.807) is 44.1 Å². The summed E-state index contributed by atoms with van der Waals surface area (Å²) in [4.78, 5) is 45.3. The lowest BCUT2D eigenvalue weighted by molar-refractivity contribution is -0.153. The van der Waals surface area contributed by atoms with Crippen molar-refractivity contribution in [3.63, 3.8) is 0 Å². The van der Waals surface area contributed by atoms with Crippen molar-refractivity contribution in [2.75, 3.05) is 13.7 Å². The van der Waals surface area contributed by atoms with Crippen LogP contribution in [0.1, 0.15) is 48.3 Å². The van der Waals surface area contributed by atoms with Crippen LogP contribution in [0.3, 0.4) is 0 Å². The van der Waals surface area contributed by atoms with E-state index in [0.717, 1.165) is 5.39 Å². The molecule has 1 aromatic heterocycles. The molecule has 10 heteroatoms. The van der Waals surface area contributed by atoms with Gasteiger partial charge in [-0.25, -0.2) is 9.59 Å². The number of hydrogen-bond donors (Lipinski definition) is 4. The molecule has 202 valence electrons. The Bertz CT molecular complexity index is 1630. The van der Waals surface area contributed by atoms with Crippen molar-refractivity contribution < 1.29 is 34.4 Å². The number of ether oxygens (including phenoxy) is 1. The molecule has 3 heterocycles. The van der Waals surface area contributed by atoms with Crippen LogP contribution in [0.4, 0.5) is 0 Å². The molecule has 0 fully saturated rings. The lowest BCUT2D eigenvalue weighted by Gasteiger charge is -2.50. The summed E-state index contributed by atoms with van der Waals surface area (Å²) in [7, 11) is 1.54. The van der Waals surface area contributed by atoms with Crippen molar-refractivity contribution in [1.82, 2.24) is 9.88 Å². The van der Waals surface area contributed by atoms with E-state index in [-0.39, 0.29) is 53.1 Å². The number of nitrogens with zero attached hydrogens (tertiary/aromatic N) is 1. The number of aromatic amines is 1. The quantitative estimate of drug-likeness (QED) is 0.276. The molecule has 0 amide bonds. The minimum Gasteiger partial charge on any atom is -0.507 e. The number of allylic oxidation sites excluding steroid dienone is 3. The van der Waals surface area contributed by atoms with Gasteiger partial charge in [0.2, 0.25) is 5.54 Å². The molecule has 0 spiro atoms. The Morgan fingerprint density at radius 3 is 2.46 bits per heavy atom. The van der Waals surface area contributed by atoms with Gasteiger partial charge in [-0.1, -0.05) is 29.8 Å². The number of halogens is 1. The largest absolute Gasteiger partial charge is 0.507 e. The number of aliphatic carboxylic acids is 2. The Morgan fingerprint density at radius 2 is 1.85 bits per heavy atom. The number of carboxylic acids is 2. The van der Waals surface area contributed by atoms with Crippen molar-refractivity contribution in [3.05, 3.63) is 80.1 Å². The number of phenols is 1. The van der Waals surface area contributed by atoms with E-state index in [2.05, 4.69) is 20.9 Å². The van der Waals surface area contributed by atoms with E-state index in [1.807, 2.05) is 6.07 Å². The van der Waals surface area contributed by atoms with E-state index in [1.165, 1.54) is 12.1 Å². The second-order valence-electron chi connectivity index (χ2n) is 9.49. The van der Waals surface area contributed by atoms with Gasteiger partial charge >= 0.3 is 11.9 Å². The van der Waals surface area contributed by atoms with Crippen LogP contribution >= 0.6 is 15.9 Å². The molecule has 2 aliphatic heterocycles. The summed E-state index contributed by atoms with van der Waals surface area (Å²) in [5, 5.41) is 32.9. The van der Waals surface area contributed by atoms with Gasteiger partial charge in [-0.05, 0) is 66.8 Å². The normalized spacial score (nSPS) is 18.7. The molecule has 0 bridgehead atoms. The summed E-state index contributed by atoms with van der Waals surface area (Å²) < 4.78 is 5.94. The number of aromatic hydroxyl groups is 1. The molecule has 3 aromatic rings. The number of carboxylic acid groups (broad SMARTS) is 2. The molecule has 4 N–H and O–H groups in total. The Morgan fingerprint density at radius 1 is 1.10 bits per heavy atom. The molecule has 2 aromatic carbocycles. The first-order chi connectivity index (χ1) is 18.6. The van der Waals surface area contributed by atoms with E-state index in [9.17, 15) is 29.7 Å². The average Bonchev–Trinajstić information content (AvgIpc) is 3.30. The number of rotatable bonds is 7. The van der Waals surface area contributed by atoms with Crippen LogP contribution in [0, 0.1) is 0 Å². The van der Waals surface area contributed by atoms with E-state index in [4.69, 9.17) is 4.74 Å². The molecule has 5 rings (SSSR count). The third kappa shape index (κ3) is 3.69. The number of ketones is 1. The molecule has 0 aliphatic carbocycles. The summed E-state index contributed by atoms with van der Waals surface area (Å²) >= 11 is 3.33. The molecule has 1 unspecified atom stereocenters. The Balaban J connectivity index is 1.88. The summed E-state index contributed by atoms with van der Waals surface area (Å²) in [6.07, 6.45) is 0.775. The van der Waals surface area contributed by atoms with Crippen molar-refractivity contribution in [3.8, 4) is 11.5 Å². The molecular formula is C29H27BrN2O7. The predicted octanol–water partition coefficient (Wildman–Crippen LogP) is 5.13. The summed E-state index contributed by atoms with van der Waals surface area (Å²) in [6, 6.07) is 9.79. The number of phenolic OH excluding ortho intramolecular Hbond substituents is 1. The average molecular weight is 595 g/mol. The predicted molar refractivity (Wildman–Crippen MR) is 147 cm³/mol. The second-order valence-corrected chi connectivity index (χ2v) is 10.4. The maximum Gasteiger partial charge on any atom is 0.340 e. The van der Waals surface area contributed by atoms with Gasteiger partial charge in [0.1, 0.15) is 11.5 Å². The van der Waals surface area contributed by atoms with Crippen molar-refractivity contribution in [2.24, 2.45) is 0 Å². The van der Waals surface area contributed by atoms with Crippen LogP contribution < -0.4 is 4.74 Å². The highest BCUT2D eigenvalue weighted by Crippen LogP contribution is 2.52. The Kier molecular flexibility index (Phi) is 6.54. The number of fused-ring (bicyclic) bond motifs is 5. The van der Waals surface area contributed by atoms with E-state index >= 15 is 0 Å². The van der Waals surface area contributed by atoms with Crippen molar-refractivity contribution in [1.29, 1.82) is 0 Å². The molecule has 39 heavy (non-hydrogen) atoms. The molecule has 0 saturated heterocycles. The zero-order valence-corrected chi connectivity index (χ0v) is 23.2. The third-order valence-corrected chi connectivity index (χ3v) is 8.18. The van der Waals surface area contributed by atoms with Crippen LogP contribution in [-0.4, -0.2) is 56.6 Å².